The molecule has 2 heterocycles. The van der Waals surface area contributed by atoms with Crippen LogP contribution in [0.1, 0.15) is 15.9 Å². The van der Waals surface area contributed by atoms with Crippen LogP contribution in [0, 0.1) is 11.6 Å². The zero-order chi connectivity index (χ0) is 22.8. The maximum absolute atomic E-state index is 13.9. The van der Waals surface area contributed by atoms with E-state index in [2.05, 4.69) is 14.7 Å². The number of pyridine rings is 1. The number of aliphatic imine (C=N–C) groups is 1. The minimum Gasteiger partial charge on any atom is -0.393 e. The number of benzene rings is 2. The highest BCUT2D eigenvalue weighted by molar-refractivity contribution is 6.09. The summed E-state index contributed by atoms with van der Waals surface area (Å²) < 4.78 is 71.0. The molecule has 5 nitrogen and oxygen atoms in total. The molecule has 4 rings (SSSR count). The van der Waals surface area contributed by atoms with E-state index in [4.69, 9.17) is 0 Å². The summed E-state index contributed by atoms with van der Waals surface area (Å²) in [5, 5.41) is 0. The Bertz CT molecular complexity index is 1320. The van der Waals surface area contributed by atoms with Crippen LogP contribution in [0.3, 0.4) is 0 Å². The van der Waals surface area contributed by atoms with Gasteiger partial charge in [0.05, 0.1) is 5.69 Å². The van der Waals surface area contributed by atoms with Gasteiger partial charge in [-0.05, 0) is 24.3 Å². The van der Waals surface area contributed by atoms with Gasteiger partial charge in [0.1, 0.15) is 17.3 Å². The number of halogens is 5. The number of carbonyl (C=O) groups is 1. The molecule has 0 saturated heterocycles. The zero-order valence-electron chi connectivity index (χ0n) is 16.0. The maximum Gasteiger partial charge on any atom is 0.390 e. The van der Waals surface area contributed by atoms with Crippen molar-refractivity contribution in [3.8, 4) is 11.3 Å². The van der Waals surface area contributed by atoms with Crippen molar-refractivity contribution in [3.05, 3.63) is 89.6 Å². The Morgan fingerprint density at radius 2 is 1.66 bits per heavy atom. The molecular weight excluding hydrogens is 433 g/mol. The Morgan fingerprint density at radius 3 is 2.31 bits per heavy atom. The van der Waals surface area contributed by atoms with Crippen LogP contribution in [0.25, 0.3) is 16.9 Å². The molecule has 4 aromatic rings. The number of hydrogen-bond donors (Lipinski definition) is 0. The fraction of sp³-hybridized carbons (Fsp3) is 0.0455. The monoisotopic (exact) mass is 445 g/mol. The van der Waals surface area contributed by atoms with Crippen LogP contribution in [0.5, 0.6) is 0 Å². The van der Waals surface area contributed by atoms with Crippen LogP contribution >= 0.6 is 0 Å². The minimum absolute atomic E-state index is 0.108. The molecule has 2 aromatic heterocycles. The van der Waals surface area contributed by atoms with E-state index in [9.17, 15) is 26.7 Å². The molecule has 162 valence electrons. The first-order valence-electron chi connectivity index (χ1n) is 9.09. The summed E-state index contributed by atoms with van der Waals surface area (Å²) in [4.78, 5) is 20.1. The number of rotatable bonds is 5. The van der Waals surface area contributed by atoms with Gasteiger partial charge in [0, 0.05) is 29.0 Å². The number of ketones is 1. The number of hydrogen-bond acceptors (Lipinski definition) is 4. The lowest BCUT2D eigenvalue weighted by molar-refractivity contribution is -0.0688. The van der Waals surface area contributed by atoms with Gasteiger partial charge in [-0.2, -0.15) is 13.8 Å². The topological polar surface area (TPSA) is 56.0 Å². The molecule has 0 spiro atoms. The molecule has 2 aromatic carbocycles. The largest absolute Gasteiger partial charge is 0.393 e. The second-order valence-electron chi connectivity index (χ2n) is 6.53. The molecule has 0 aliphatic carbocycles. The third kappa shape index (κ3) is 4.34. The Balaban J connectivity index is 1.92. The summed E-state index contributed by atoms with van der Waals surface area (Å²) in [5.74, 6) is -2.70. The second kappa shape index (κ2) is 8.58. The Morgan fingerprint density at radius 1 is 0.969 bits per heavy atom. The van der Waals surface area contributed by atoms with Crippen molar-refractivity contribution in [2.45, 2.75) is 6.61 Å². The number of aromatic nitrogens is 2. The van der Waals surface area contributed by atoms with Crippen molar-refractivity contribution >= 4 is 23.4 Å². The molecule has 0 radical (unpaired) electrons. The molecule has 0 aliphatic rings. The summed E-state index contributed by atoms with van der Waals surface area (Å²) in [7, 11) is 0. The standard InChI is InChI=1S/C22H12F5N3O2/c23-15-8-14(9-16(24)10-15)18-20(29-22(27)32-21(25)26)28-17-7-6-13(11-30(17)18)19(31)12-4-2-1-3-5-12/h1-11,21H. The molecule has 0 saturated carbocycles. The van der Waals surface area contributed by atoms with Crippen molar-refractivity contribution in [1.29, 1.82) is 0 Å². The molecule has 0 unspecified atom stereocenters. The number of nitrogens with zero attached hydrogens (tertiary/aromatic N) is 3. The Kier molecular flexibility index (Phi) is 5.67. The van der Waals surface area contributed by atoms with Gasteiger partial charge in [0.25, 0.3) is 0 Å². The van der Waals surface area contributed by atoms with E-state index in [1.165, 1.54) is 22.7 Å². The van der Waals surface area contributed by atoms with Crippen molar-refractivity contribution in [1.82, 2.24) is 9.38 Å². The highest BCUT2D eigenvalue weighted by Gasteiger charge is 2.20. The fourth-order valence-corrected chi connectivity index (χ4v) is 3.14. The van der Waals surface area contributed by atoms with Gasteiger partial charge in [-0.25, -0.2) is 13.8 Å². The SMILES string of the molecule is O=C(c1ccccc1)c1ccc2nc(N=C(F)OC(F)F)c(-c3cc(F)cc(F)c3)n2c1. The Labute approximate surface area is 177 Å². The van der Waals surface area contributed by atoms with E-state index in [-0.39, 0.29) is 28.3 Å². The summed E-state index contributed by atoms with van der Waals surface area (Å²) >= 11 is 0. The molecule has 0 N–H and O–H groups in total. The molecule has 0 atom stereocenters. The zero-order valence-corrected chi connectivity index (χ0v) is 16.0. The lowest BCUT2D eigenvalue weighted by atomic mass is 10.1. The lowest BCUT2D eigenvalue weighted by Gasteiger charge is -2.07. The first-order chi connectivity index (χ1) is 15.3. The van der Waals surface area contributed by atoms with E-state index < -0.39 is 30.2 Å². The predicted molar refractivity (Wildman–Crippen MR) is 106 cm³/mol. The number of carbonyl (C=O) groups excluding carboxylic acids is 1. The Hall–Kier alpha value is -4.08. The van der Waals surface area contributed by atoms with Crippen LogP contribution in [0.15, 0.2) is 71.9 Å². The highest BCUT2D eigenvalue weighted by Crippen LogP contribution is 2.33. The molecule has 0 amide bonds. The molecule has 0 fully saturated rings. The van der Waals surface area contributed by atoms with Crippen molar-refractivity contribution in [2.24, 2.45) is 4.99 Å². The van der Waals surface area contributed by atoms with Crippen LogP contribution in [-0.4, -0.2) is 27.9 Å². The first kappa shape index (κ1) is 21.2. The van der Waals surface area contributed by atoms with Gasteiger partial charge in [-0.3, -0.25) is 9.20 Å². The van der Waals surface area contributed by atoms with Gasteiger partial charge in [-0.1, -0.05) is 30.3 Å². The van der Waals surface area contributed by atoms with Crippen LogP contribution < -0.4 is 0 Å². The van der Waals surface area contributed by atoms with Gasteiger partial charge in [0.2, 0.25) is 0 Å². The minimum atomic E-state index is -3.47. The number of imidazole rings is 1. The van der Waals surface area contributed by atoms with Crippen LogP contribution in [0.2, 0.25) is 0 Å². The number of fused-ring (bicyclic) bond motifs is 1. The summed E-state index contributed by atoms with van der Waals surface area (Å²) in [6, 6.07) is 13.7. The third-order valence-corrected chi connectivity index (χ3v) is 4.41. The fourth-order valence-electron chi connectivity index (χ4n) is 3.14. The van der Waals surface area contributed by atoms with E-state index in [1.54, 1.807) is 30.3 Å². The normalized spacial score (nSPS) is 11.9. The van der Waals surface area contributed by atoms with E-state index in [1.807, 2.05) is 0 Å². The molecule has 32 heavy (non-hydrogen) atoms. The van der Waals surface area contributed by atoms with Gasteiger partial charge >= 0.3 is 12.8 Å². The third-order valence-electron chi connectivity index (χ3n) is 4.41. The molecular formula is C22H12F5N3O2. The summed E-state index contributed by atoms with van der Waals surface area (Å²) in [6.45, 7) is -3.47. The van der Waals surface area contributed by atoms with Crippen molar-refractivity contribution < 1.29 is 31.5 Å². The highest BCUT2D eigenvalue weighted by atomic mass is 19.3. The summed E-state index contributed by atoms with van der Waals surface area (Å²) in [5.41, 5.74) is 0.467. The quantitative estimate of drug-likeness (QED) is 0.171. The summed E-state index contributed by atoms with van der Waals surface area (Å²) in [6.07, 6.45) is -0.553. The van der Waals surface area contributed by atoms with Gasteiger partial charge in [-0.15, -0.1) is 4.39 Å². The van der Waals surface area contributed by atoms with Crippen LogP contribution in [-0.2, 0) is 4.74 Å². The molecule has 0 bridgehead atoms. The van der Waals surface area contributed by atoms with Crippen molar-refractivity contribution in [2.75, 3.05) is 0 Å². The lowest BCUT2D eigenvalue weighted by Crippen LogP contribution is -2.04. The average Bonchev–Trinajstić information content (AvgIpc) is 3.09. The van der Waals surface area contributed by atoms with E-state index in [0.717, 1.165) is 12.1 Å². The number of alkyl halides is 2. The average molecular weight is 445 g/mol. The predicted octanol–water partition coefficient (Wildman–Crippen LogP) is 5.71. The second-order valence-corrected chi connectivity index (χ2v) is 6.53. The van der Waals surface area contributed by atoms with Gasteiger partial charge < -0.3 is 4.74 Å². The van der Waals surface area contributed by atoms with Gasteiger partial charge in [0.15, 0.2) is 11.6 Å². The smallest absolute Gasteiger partial charge is 0.390 e. The number of ether oxygens (including phenoxy) is 1. The first-order valence-corrected chi connectivity index (χ1v) is 9.09. The van der Waals surface area contributed by atoms with E-state index in [0.29, 0.717) is 11.6 Å². The van der Waals surface area contributed by atoms with Crippen molar-refractivity contribution in [3.63, 3.8) is 0 Å². The maximum atomic E-state index is 13.9. The molecule has 10 heteroatoms. The van der Waals surface area contributed by atoms with Crippen LogP contribution in [0.4, 0.5) is 27.8 Å². The molecule has 0 aliphatic heterocycles. The van der Waals surface area contributed by atoms with E-state index >= 15 is 0 Å².